The highest BCUT2D eigenvalue weighted by Gasteiger charge is 2.63. The minimum absolute atomic E-state index is 0.229. The van der Waals surface area contributed by atoms with Gasteiger partial charge in [0.15, 0.2) is 0 Å². The summed E-state index contributed by atoms with van der Waals surface area (Å²) in [7, 11) is 0. The average Bonchev–Trinajstić information content (AvgIpc) is 3.15. The molecule has 1 spiro atoms. The van der Waals surface area contributed by atoms with E-state index in [0.29, 0.717) is 6.04 Å². The van der Waals surface area contributed by atoms with Crippen molar-refractivity contribution in [3.8, 4) is 0 Å². The summed E-state index contributed by atoms with van der Waals surface area (Å²) in [6, 6.07) is 11.0. The monoisotopic (exact) mass is 286 g/mol. The molecule has 0 aliphatic heterocycles. The summed E-state index contributed by atoms with van der Waals surface area (Å²) in [5.41, 5.74) is 7.46. The van der Waals surface area contributed by atoms with E-state index in [-0.39, 0.29) is 23.3 Å². The normalized spacial score (nSPS) is 31.5. The SMILES string of the molecule is CCCC(Cc1ccccc1)NC(=O)C1CC12CC(N)C2. The molecule has 2 unspecified atom stereocenters. The van der Waals surface area contributed by atoms with E-state index in [0.717, 1.165) is 38.5 Å². The molecule has 0 saturated heterocycles. The number of benzene rings is 1. The van der Waals surface area contributed by atoms with Crippen molar-refractivity contribution in [3.63, 3.8) is 0 Å². The zero-order valence-electron chi connectivity index (χ0n) is 12.8. The molecule has 2 saturated carbocycles. The number of rotatable bonds is 6. The van der Waals surface area contributed by atoms with Crippen LogP contribution in [-0.2, 0) is 11.2 Å². The maximum absolute atomic E-state index is 12.4. The highest BCUT2D eigenvalue weighted by molar-refractivity contribution is 5.83. The molecule has 0 aromatic heterocycles. The molecule has 3 nitrogen and oxygen atoms in total. The summed E-state index contributed by atoms with van der Waals surface area (Å²) in [6.07, 6.45) is 6.21. The van der Waals surface area contributed by atoms with E-state index in [1.54, 1.807) is 0 Å². The Labute approximate surface area is 127 Å². The Hall–Kier alpha value is -1.35. The lowest BCUT2D eigenvalue weighted by molar-refractivity contribution is -0.124. The first-order valence-electron chi connectivity index (χ1n) is 8.23. The van der Waals surface area contributed by atoms with Gasteiger partial charge in [-0.1, -0.05) is 43.7 Å². The van der Waals surface area contributed by atoms with Crippen molar-refractivity contribution in [2.75, 3.05) is 0 Å². The van der Waals surface area contributed by atoms with Crippen molar-refractivity contribution in [3.05, 3.63) is 35.9 Å². The Kier molecular flexibility index (Phi) is 4.03. The van der Waals surface area contributed by atoms with Crippen LogP contribution in [0, 0.1) is 11.3 Å². The standard InChI is InChI=1S/C18H26N2O/c1-2-6-15(9-13-7-4-3-5-8-13)20-17(21)16-12-18(16)10-14(19)11-18/h3-5,7-8,14-16H,2,6,9-12,19H2,1H3,(H,20,21). The summed E-state index contributed by atoms with van der Waals surface area (Å²) in [5, 5.41) is 3.29. The van der Waals surface area contributed by atoms with E-state index in [4.69, 9.17) is 5.73 Å². The topological polar surface area (TPSA) is 55.1 Å². The fourth-order valence-corrected chi connectivity index (χ4v) is 3.93. The van der Waals surface area contributed by atoms with Gasteiger partial charge in [0.05, 0.1) is 0 Å². The molecule has 2 atom stereocenters. The highest BCUT2D eigenvalue weighted by Crippen LogP contribution is 2.65. The van der Waals surface area contributed by atoms with Gasteiger partial charge in [-0.2, -0.15) is 0 Å². The van der Waals surface area contributed by atoms with Crippen molar-refractivity contribution >= 4 is 5.91 Å². The maximum atomic E-state index is 12.4. The molecule has 3 heteroatoms. The van der Waals surface area contributed by atoms with Crippen LogP contribution in [0.5, 0.6) is 0 Å². The molecule has 2 aliphatic carbocycles. The lowest BCUT2D eigenvalue weighted by atomic mass is 9.75. The molecule has 114 valence electrons. The van der Waals surface area contributed by atoms with Gasteiger partial charge < -0.3 is 11.1 Å². The molecule has 3 rings (SSSR count). The molecule has 21 heavy (non-hydrogen) atoms. The fourth-order valence-electron chi connectivity index (χ4n) is 3.93. The Bertz CT molecular complexity index is 493. The summed E-state index contributed by atoms with van der Waals surface area (Å²) in [6.45, 7) is 2.17. The van der Waals surface area contributed by atoms with Crippen molar-refractivity contribution in [1.29, 1.82) is 0 Å². The molecular formula is C18H26N2O. The highest BCUT2D eigenvalue weighted by atomic mass is 16.2. The van der Waals surface area contributed by atoms with Crippen LogP contribution in [0.3, 0.4) is 0 Å². The molecule has 2 fully saturated rings. The first-order chi connectivity index (χ1) is 10.1. The van der Waals surface area contributed by atoms with Crippen molar-refractivity contribution in [2.24, 2.45) is 17.1 Å². The van der Waals surface area contributed by atoms with Gasteiger partial charge in [0.25, 0.3) is 0 Å². The second kappa shape index (κ2) is 5.80. The van der Waals surface area contributed by atoms with Gasteiger partial charge in [-0.3, -0.25) is 4.79 Å². The van der Waals surface area contributed by atoms with E-state index in [1.807, 2.05) is 6.07 Å². The average molecular weight is 286 g/mol. The lowest BCUT2D eigenvalue weighted by Crippen LogP contribution is -2.43. The third kappa shape index (κ3) is 3.13. The van der Waals surface area contributed by atoms with E-state index < -0.39 is 0 Å². The van der Waals surface area contributed by atoms with Gasteiger partial charge in [0.1, 0.15) is 0 Å². The zero-order valence-corrected chi connectivity index (χ0v) is 12.8. The van der Waals surface area contributed by atoms with Crippen LogP contribution < -0.4 is 11.1 Å². The van der Waals surface area contributed by atoms with E-state index in [1.165, 1.54) is 5.56 Å². The van der Waals surface area contributed by atoms with E-state index >= 15 is 0 Å². The lowest BCUT2D eigenvalue weighted by Gasteiger charge is -2.34. The minimum Gasteiger partial charge on any atom is -0.353 e. The Balaban J connectivity index is 1.54. The molecule has 0 heterocycles. The number of hydrogen-bond donors (Lipinski definition) is 2. The van der Waals surface area contributed by atoms with Crippen molar-refractivity contribution in [1.82, 2.24) is 5.32 Å². The number of carbonyl (C=O) groups is 1. The van der Waals surface area contributed by atoms with Crippen molar-refractivity contribution in [2.45, 2.75) is 57.5 Å². The van der Waals surface area contributed by atoms with Crippen LogP contribution in [-0.4, -0.2) is 18.0 Å². The number of hydrogen-bond acceptors (Lipinski definition) is 2. The Morgan fingerprint density at radius 3 is 2.67 bits per heavy atom. The van der Waals surface area contributed by atoms with Crippen molar-refractivity contribution < 1.29 is 4.79 Å². The zero-order chi connectivity index (χ0) is 14.9. The Morgan fingerprint density at radius 1 is 1.33 bits per heavy atom. The van der Waals surface area contributed by atoms with Gasteiger partial charge in [0.2, 0.25) is 5.91 Å². The first kappa shape index (κ1) is 14.6. The number of amides is 1. The third-order valence-electron chi connectivity index (χ3n) is 5.15. The molecule has 0 bridgehead atoms. The smallest absolute Gasteiger partial charge is 0.223 e. The molecular weight excluding hydrogens is 260 g/mol. The predicted molar refractivity (Wildman–Crippen MR) is 84.7 cm³/mol. The van der Waals surface area contributed by atoms with Gasteiger partial charge in [-0.05, 0) is 43.1 Å². The third-order valence-corrected chi connectivity index (χ3v) is 5.15. The second-order valence-electron chi connectivity index (χ2n) is 6.97. The summed E-state index contributed by atoms with van der Waals surface area (Å²) in [5.74, 6) is 0.490. The molecule has 0 radical (unpaired) electrons. The first-order valence-corrected chi connectivity index (χ1v) is 8.23. The largest absolute Gasteiger partial charge is 0.353 e. The number of nitrogens with one attached hydrogen (secondary N) is 1. The molecule has 1 aromatic carbocycles. The van der Waals surface area contributed by atoms with Gasteiger partial charge in [-0.25, -0.2) is 0 Å². The second-order valence-corrected chi connectivity index (χ2v) is 6.97. The fraction of sp³-hybridized carbons (Fsp3) is 0.611. The molecule has 2 aliphatic rings. The summed E-state index contributed by atoms with van der Waals surface area (Å²) < 4.78 is 0. The van der Waals surface area contributed by atoms with Crippen LogP contribution in [0.15, 0.2) is 30.3 Å². The minimum atomic E-state index is 0.229. The van der Waals surface area contributed by atoms with Crippen LogP contribution in [0.4, 0.5) is 0 Å². The van der Waals surface area contributed by atoms with E-state index in [9.17, 15) is 4.79 Å². The summed E-state index contributed by atoms with van der Waals surface area (Å²) in [4.78, 5) is 12.4. The number of nitrogens with two attached hydrogens (primary N) is 1. The van der Waals surface area contributed by atoms with Crippen LogP contribution in [0.2, 0.25) is 0 Å². The van der Waals surface area contributed by atoms with Crippen LogP contribution in [0.25, 0.3) is 0 Å². The van der Waals surface area contributed by atoms with Gasteiger partial charge >= 0.3 is 0 Å². The predicted octanol–water partition coefficient (Wildman–Crippen LogP) is 2.64. The Morgan fingerprint density at radius 2 is 2.05 bits per heavy atom. The molecule has 3 N–H and O–H groups in total. The van der Waals surface area contributed by atoms with Crippen LogP contribution >= 0.6 is 0 Å². The maximum Gasteiger partial charge on any atom is 0.223 e. The quantitative estimate of drug-likeness (QED) is 0.844. The van der Waals surface area contributed by atoms with E-state index in [2.05, 4.69) is 36.5 Å². The molecule has 1 amide bonds. The molecule has 1 aromatic rings. The van der Waals surface area contributed by atoms with Gasteiger partial charge in [-0.15, -0.1) is 0 Å². The number of carbonyl (C=O) groups excluding carboxylic acids is 1. The van der Waals surface area contributed by atoms with Crippen LogP contribution in [0.1, 0.15) is 44.6 Å². The summed E-state index contributed by atoms with van der Waals surface area (Å²) >= 11 is 0. The van der Waals surface area contributed by atoms with Gasteiger partial charge in [0, 0.05) is 18.0 Å².